The van der Waals surface area contributed by atoms with Crippen molar-refractivity contribution in [1.82, 2.24) is 10.6 Å². The SMILES string of the molecule is CC(C)CCCC(C)CCOC(=O)C[C@H]1NC(=O)[C@@H](Cc2ccccc2)NC1=O. The van der Waals surface area contributed by atoms with Crippen LogP contribution in [0.5, 0.6) is 0 Å². The van der Waals surface area contributed by atoms with Crippen molar-refractivity contribution in [3.8, 4) is 0 Å². The van der Waals surface area contributed by atoms with Gasteiger partial charge < -0.3 is 15.4 Å². The minimum absolute atomic E-state index is 0.142. The molecule has 6 nitrogen and oxygen atoms in total. The second-order valence-corrected chi connectivity index (χ2v) is 8.46. The molecule has 3 atom stereocenters. The van der Waals surface area contributed by atoms with Crippen molar-refractivity contribution in [3.63, 3.8) is 0 Å². The molecule has 29 heavy (non-hydrogen) atoms. The molecule has 0 bridgehead atoms. The predicted molar refractivity (Wildman–Crippen MR) is 112 cm³/mol. The molecule has 1 aliphatic rings. The summed E-state index contributed by atoms with van der Waals surface area (Å²) in [6, 6.07) is 8.01. The van der Waals surface area contributed by atoms with E-state index in [4.69, 9.17) is 4.74 Å². The smallest absolute Gasteiger partial charge is 0.308 e. The van der Waals surface area contributed by atoms with Gasteiger partial charge in [0.1, 0.15) is 12.1 Å². The zero-order valence-corrected chi connectivity index (χ0v) is 17.8. The van der Waals surface area contributed by atoms with Crippen molar-refractivity contribution in [2.75, 3.05) is 6.61 Å². The number of carbonyl (C=O) groups excluding carboxylic acids is 3. The normalized spacial score (nSPS) is 20.1. The van der Waals surface area contributed by atoms with Gasteiger partial charge in [-0.1, -0.05) is 70.4 Å². The first-order valence-corrected chi connectivity index (χ1v) is 10.7. The third kappa shape index (κ3) is 8.26. The molecule has 1 unspecified atom stereocenters. The average molecular weight is 403 g/mol. The van der Waals surface area contributed by atoms with Crippen molar-refractivity contribution in [2.24, 2.45) is 11.8 Å². The average Bonchev–Trinajstić information content (AvgIpc) is 2.66. The Hall–Kier alpha value is -2.37. The number of benzene rings is 1. The number of hydrogen-bond acceptors (Lipinski definition) is 4. The summed E-state index contributed by atoms with van der Waals surface area (Å²) in [5.74, 6) is 0.137. The first-order valence-electron chi connectivity index (χ1n) is 10.7. The van der Waals surface area contributed by atoms with Gasteiger partial charge in [-0.3, -0.25) is 14.4 Å². The molecule has 0 saturated carbocycles. The van der Waals surface area contributed by atoms with Crippen LogP contribution in [0.25, 0.3) is 0 Å². The maximum atomic E-state index is 12.3. The summed E-state index contributed by atoms with van der Waals surface area (Å²) in [7, 11) is 0. The fourth-order valence-corrected chi connectivity index (χ4v) is 3.43. The molecule has 1 aliphatic heterocycles. The first-order chi connectivity index (χ1) is 13.8. The van der Waals surface area contributed by atoms with E-state index in [1.165, 1.54) is 12.8 Å². The Balaban J connectivity index is 1.69. The molecular weight excluding hydrogens is 368 g/mol. The second kappa shape index (κ2) is 11.6. The van der Waals surface area contributed by atoms with E-state index in [-0.39, 0.29) is 18.2 Å². The summed E-state index contributed by atoms with van der Waals surface area (Å²) in [4.78, 5) is 36.7. The van der Waals surface area contributed by atoms with Crippen LogP contribution in [0, 0.1) is 11.8 Å². The zero-order valence-electron chi connectivity index (χ0n) is 17.8. The molecule has 0 spiro atoms. The van der Waals surface area contributed by atoms with Crippen molar-refractivity contribution in [2.45, 2.75) is 71.4 Å². The van der Waals surface area contributed by atoms with Crippen LogP contribution in [0.3, 0.4) is 0 Å². The number of amides is 2. The van der Waals surface area contributed by atoms with E-state index in [1.54, 1.807) is 0 Å². The van der Waals surface area contributed by atoms with Crippen molar-refractivity contribution in [3.05, 3.63) is 35.9 Å². The number of ether oxygens (including phenoxy) is 1. The largest absolute Gasteiger partial charge is 0.466 e. The van der Waals surface area contributed by atoms with E-state index in [2.05, 4.69) is 31.4 Å². The maximum absolute atomic E-state index is 12.3. The molecule has 6 heteroatoms. The number of piperazine rings is 1. The number of nitrogens with one attached hydrogen (secondary N) is 2. The van der Waals surface area contributed by atoms with E-state index >= 15 is 0 Å². The lowest BCUT2D eigenvalue weighted by Crippen LogP contribution is -2.62. The third-order valence-corrected chi connectivity index (χ3v) is 5.27. The third-order valence-electron chi connectivity index (χ3n) is 5.27. The fourth-order valence-electron chi connectivity index (χ4n) is 3.43. The minimum Gasteiger partial charge on any atom is -0.466 e. The van der Waals surface area contributed by atoms with Crippen LogP contribution in [0.4, 0.5) is 0 Å². The minimum atomic E-state index is -0.870. The van der Waals surface area contributed by atoms with Crippen LogP contribution < -0.4 is 10.6 Å². The van der Waals surface area contributed by atoms with E-state index in [1.807, 2.05) is 30.3 Å². The van der Waals surface area contributed by atoms with Crippen molar-refractivity contribution >= 4 is 17.8 Å². The molecule has 2 amide bonds. The number of hydrogen-bond donors (Lipinski definition) is 2. The van der Waals surface area contributed by atoms with Crippen molar-refractivity contribution < 1.29 is 19.1 Å². The summed E-state index contributed by atoms with van der Waals surface area (Å²) >= 11 is 0. The van der Waals surface area contributed by atoms with Gasteiger partial charge in [0.25, 0.3) is 0 Å². The van der Waals surface area contributed by atoms with Gasteiger partial charge in [-0.05, 0) is 23.8 Å². The lowest BCUT2D eigenvalue weighted by molar-refractivity contribution is -0.148. The highest BCUT2D eigenvalue weighted by atomic mass is 16.5. The Morgan fingerprint density at radius 1 is 0.966 bits per heavy atom. The molecule has 2 N–H and O–H groups in total. The molecule has 0 aliphatic carbocycles. The number of esters is 1. The highest BCUT2D eigenvalue weighted by Gasteiger charge is 2.35. The standard InChI is InChI=1S/C23H34N2O4/c1-16(2)8-7-9-17(3)12-13-29-21(26)15-20-23(28)24-19(22(27)25-20)14-18-10-5-4-6-11-18/h4-6,10-11,16-17,19-20H,7-9,12-15H2,1-3H3,(H,24,28)(H,25,27)/t17?,19-,20-/m1/s1. The summed E-state index contributed by atoms with van der Waals surface area (Å²) in [6.07, 6.45) is 4.62. The van der Waals surface area contributed by atoms with Gasteiger partial charge in [-0.2, -0.15) is 0 Å². The van der Waals surface area contributed by atoms with Gasteiger partial charge in [0.05, 0.1) is 13.0 Å². The predicted octanol–water partition coefficient (Wildman–Crippen LogP) is 3.00. The Bertz CT molecular complexity index is 675. The lowest BCUT2D eigenvalue weighted by atomic mass is 9.98. The zero-order chi connectivity index (χ0) is 21.2. The summed E-state index contributed by atoms with van der Waals surface area (Å²) in [5.41, 5.74) is 0.966. The second-order valence-electron chi connectivity index (χ2n) is 8.46. The molecule has 0 aromatic heterocycles. The van der Waals surface area contributed by atoms with E-state index in [0.717, 1.165) is 18.4 Å². The van der Waals surface area contributed by atoms with Crippen LogP contribution >= 0.6 is 0 Å². The molecule has 1 aromatic rings. The van der Waals surface area contributed by atoms with Crippen LogP contribution in [0.2, 0.25) is 0 Å². The molecule has 2 rings (SSSR count). The molecular formula is C23H34N2O4. The maximum Gasteiger partial charge on any atom is 0.308 e. The van der Waals surface area contributed by atoms with Crippen LogP contribution in [0.15, 0.2) is 30.3 Å². The lowest BCUT2D eigenvalue weighted by Gasteiger charge is -2.29. The van der Waals surface area contributed by atoms with Crippen LogP contribution in [-0.2, 0) is 25.5 Å². The van der Waals surface area contributed by atoms with E-state index in [0.29, 0.717) is 24.9 Å². The molecule has 1 heterocycles. The Kier molecular flexibility index (Phi) is 9.16. The molecule has 0 radical (unpaired) electrons. The van der Waals surface area contributed by atoms with E-state index in [9.17, 15) is 14.4 Å². The highest BCUT2D eigenvalue weighted by molar-refractivity contribution is 5.98. The number of rotatable bonds is 11. The van der Waals surface area contributed by atoms with Gasteiger partial charge in [0, 0.05) is 6.42 Å². The Labute approximate surface area is 173 Å². The van der Waals surface area contributed by atoms with Gasteiger partial charge in [-0.15, -0.1) is 0 Å². The van der Waals surface area contributed by atoms with Gasteiger partial charge in [-0.25, -0.2) is 0 Å². The summed E-state index contributed by atoms with van der Waals surface area (Å²) < 4.78 is 5.28. The molecule has 1 saturated heterocycles. The van der Waals surface area contributed by atoms with Crippen molar-refractivity contribution in [1.29, 1.82) is 0 Å². The summed E-state index contributed by atoms with van der Waals surface area (Å²) in [5, 5.41) is 5.37. The number of carbonyl (C=O) groups is 3. The summed E-state index contributed by atoms with van der Waals surface area (Å²) in [6.45, 7) is 6.95. The first kappa shape index (κ1) is 22.9. The molecule has 160 valence electrons. The quantitative estimate of drug-likeness (QED) is 0.557. The van der Waals surface area contributed by atoms with Crippen LogP contribution in [-0.4, -0.2) is 36.5 Å². The highest BCUT2D eigenvalue weighted by Crippen LogP contribution is 2.15. The fraction of sp³-hybridized carbons (Fsp3) is 0.609. The van der Waals surface area contributed by atoms with E-state index < -0.39 is 18.1 Å². The monoisotopic (exact) mass is 402 g/mol. The Morgan fingerprint density at radius 2 is 1.62 bits per heavy atom. The molecule has 1 fully saturated rings. The van der Waals surface area contributed by atoms with Gasteiger partial charge >= 0.3 is 5.97 Å². The van der Waals surface area contributed by atoms with Gasteiger partial charge in [0.2, 0.25) is 11.8 Å². The Morgan fingerprint density at radius 3 is 2.31 bits per heavy atom. The topological polar surface area (TPSA) is 84.5 Å². The van der Waals surface area contributed by atoms with Crippen LogP contribution in [0.1, 0.15) is 58.4 Å². The molecule has 1 aromatic carbocycles. The van der Waals surface area contributed by atoms with Gasteiger partial charge in [0.15, 0.2) is 0 Å².